The van der Waals surface area contributed by atoms with E-state index in [2.05, 4.69) is 0 Å². The molecule has 0 saturated heterocycles. The second kappa shape index (κ2) is 6.07. The van der Waals surface area contributed by atoms with Crippen LogP contribution in [0.1, 0.15) is 0 Å². The lowest BCUT2D eigenvalue weighted by Crippen LogP contribution is -2.03. The minimum atomic E-state index is -0.234. The van der Waals surface area contributed by atoms with E-state index < -0.39 is 0 Å². The molecule has 0 amide bonds. The summed E-state index contributed by atoms with van der Waals surface area (Å²) in [5, 5.41) is 0. The number of ether oxygens (including phenoxy) is 2. The van der Waals surface area contributed by atoms with Crippen molar-refractivity contribution in [3.05, 3.63) is 0 Å². The van der Waals surface area contributed by atoms with Crippen LogP contribution in [-0.2, 0) is 9.47 Å². The van der Waals surface area contributed by atoms with Crippen molar-refractivity contribution in [2.75, 3.05) is 20.3 Å². The highest BCUT2D eigenvalue weighted by Crippen LogP contribution is 2.05. The predicted octanol–water partition coefficient (Wildman–Crippen LogP) is 1.61. The predicted molar refractivity (Wildman–Crippen MR) is 41.5 cm³/mol. The first-order valence-corrected chi connectivity index (χ1v) is 3.84. The van der Waals surface area contributed by atoms with Gasteiger partial charge in [-0.2, -0.15) is 0 Å². The molecule has 0 aliphatic carbocycles. The van der Waals surface area contributed by atoms with Gasteiger partial charge in [-0.25, -0.2) is 0 Å². The van der Waals surface area contributed by atoms with Crippen molar-refractivity contribution in [1.29, 1.82) is 0 Å². The van der Waals surface area contributed by atoms with Gasteiger partial charge in [0.2, 0.25) is 0 Å². The van der Waals surface area contributed by atoms with E-state index in [-0.39, 0.29) is 3.57 Å². The first-order valence-electron chi connectivity index (χ1n) is 2.16. The van der Waals surface area contributed by atoms with Crippen LogP contribution < -0.4 is 0 Å². The van der Waals surface area contributed by atoms with Gasteiger partial charge < -0.3 is 9.47 Å². The number of halogens is 2. The number of methoxy groups -OCH3 is 1. The summed E-state index contributed by atoms with van der Waals surface area (Å²) in [6, 6.07) is 0. The molecule has 0 spiro atoms. The highest BCUT2D eigenvalue weighted by molar-refractivity contribution is 14.1. The van der Waals surface area contributed by atoms with E-state index in [9.17, 15) is 0 Å². The standard InChI is InChI=1S/C4H8ClIO2/c1-7-2-3-8-4(5)6/h4H,2-3H2,1H3. The van der Waals surface area contributed by atoms with Crippen LogP contribution in [0.15, 0.2) is 0 Å². The highest BCUT2D eigenvalue weighted by atomic mass is 127. The van der Waals surface area contributed by atoms with Gasteiger partial charge in [0.25, 0.3) is 0 Å². The molecule has 0 aromatic carbocycles. The Labute approximate surface area is 67.6 Å². The Hall–Kier alpha value is 0.940. The van der Waals surface area contributed by atoms with Crippen molar-refractivity contribution in [3.63, 3.8) is 0 Å². The van der Waals surface area contributed by atoms with Gasteiger partial charge >= 0.3 is 0 Å². The average Bonchev–Trinajstić information content (AvgIpc) is 1.66. The van der Waals surface area contributed by atoms with E-state index in [0.29, 0.717) is 13.2 Å². The lowest BCUT2D eigenvalue weighted by Gasteiger charge is -2.01. The molecular formula is C4H8ClIO2. The minimum Gasteiger partial charge on any atom is -0.382 e. The first-order chi connectivity index (χ1) is 3.77. The summed E-state index contributed by atoms with van der Waals surface area (Å²) in [7, 11) is 1.62. The monoisotopic (exact) mass is 250 g/mol. The molecule has 0 aromatic rings. The molecule has 50 valence electrons. The maximum atomic E-state index is 5.42. The van der Waals surface area contributed by atoms with Crippen molar-refractivity contribution >= 4 is 34.2 Å². The van der Waals surface area contributed by atoms with Crippen LogP contribution in [0.5, 0.6) is 0 Å². The van der Waals surface area contributed by atoms with Crippen molar-refractivity contribution in [2.24, 2.45) is 0 Å². The van der Waals surface area contributed by atoms with Gasteiger partial charge in [0.15, 0.2) is 3.57 Å². The molecule has 1 atom stereocenters. The Bertz CT molecular complexity index is 51.3. The molecule has 8 heavy (non-hydrogen) atoms. The third kappa shape index (κ3) is 6.94. The quantitative estimate of drug-likeness (QED) is 0.429. The van der Waals surface area contributed by atoms with Gasteiger partial charge in [0.1, 0.15) is 0 Å². The Morgan fingerprint density at radius 1 is 1.62 bits per heavy atom. The van der Waals surface area contributed by atoms with Gasteiger partial charge in [-0.15, -0.1) is 0 Å². The fraction of sp³-hybridized carbons (Fsp3) is 1.00. The Balaban J connectivity index is 2.72. The molecule has 0 radical (unpaired) electrons. The number of rotatable bonds is 4. The van der Waals surface area contributed by atoms with E-state index in [1.165, 1.54) is 0 Å². The van der Waals surface area contributed by atoms with E-state index in [1.54, 1.807) is 7.11 Å². The molecule has 4 heteroatoms. The Kier molecular flexibility index (Phi) is 6.78. The fourth-order valence-electron chi connectivity index (χ4n) is 0.221. The average molecular weight is 250 g/mol. The zero-order valence-electron chi connectivity index (χ0n) is 4.56. The normalized spacial score (nSPS) is 13.9. The van der Waals surface area contributed by atoms with Gasteiger partial charge in [0, 0.05) is 7.11 Å². The van der Waals surface area contributed by atoms with Gasteiger partial charge in [-0.3, -0.25) is 0 Å². The van der Waals surface area contributed by atoms with Gasteiger partial charge in [-0.05, 0) is 22.6 Å². The molecular weight excluding hydrogens is 242 g/mol. The SMILES string of the molecule is COCCOC(Cl)I. The highest BCUT2D eigenvalue weighted by Gasteiger charge is 1.93. The van der Waals surface area contributed by atoms with Crippen LogP contribution in [-0.4, -0.2) is 23.9 Å². The molecule has 0 bridgehead atoms. The maximum Gasteiger partial charge on any atom is 0.182 e. The van der Waals surface area contributed by atoms with Crippen LogP contribution in [0, 0.1) is 0 Å². The molecule has 0 heterocycles. The summed E-state index contributed by atoms with van der Waals surface area (Å²) in [5.74, 6) is 0. The summed E-state index contributed by atoms with van der Waals surface area (Å²) >= 11 is 7.39. The van der Waals surface area contributed by atoms with E-state index in [1.807, 2.05) is 22.6 Å². The smallest absolute Gasteiger partial charge is 0.182 e. The summed E-state index contributed by atoms with van der Waals surface area (Å²) in [6.45, 7) is 1.17. The van der Waals surface area contributed by atoms with Gasteiger partial charge in [0.05, 0.1) is 13.2 Å². The maximum absolute atomic E-state index is 5.42. The molecule has 0 aliphatic rings. The number of hydrogen-bond acceptors (Lipinski definition) is 2. The number of alkyl halides is 2. The topological polar surface area (TPSA) is 18.5 Å². The lowest BCUT2D eigenvalue weighted by molar-refractivity contribution is 0.0879. The number of hydrogen-bond donors (Lipinski definition) is 0. The fourth-order valence-corrected chi connectivity index (χ4v) is 0.564. The third-order valence-electron chi connectivity index (χ3n) is 0.531. The zero-order chi connectivity index (χ0) is 6.41. The summed E-state index contributed by atoms with van der Waals surface area (Å²) in [5.41, 5.74) is 0. The molecule has 0 aliphatic heterocycles. The molecule has 0 fully saturated rings. The van der Waals surface area contributed by atoms with Crippen molar-refractivity contribution < 1.29 is 9.47 Å². The van der Waals surface area contributed by atoms with Crippen LogP contribution in [0.25, 0.3) is 0 Å². The molecule has 0 rings (SSSR count). The zero-order valence-corrected chi connectivity index (χ0v) is 7.48. The summed E-state index contributed by atoms with van der Waals surface area (Å²) in [4.78, 5) is 0. The van der Waals surface area contributed by atoms with Crippen LogP contribution >= 0.6 is 34.2 Å². The van der Waals surface area contributed by atoms with Crippen molar-refractivity contribution in [1.82, 2.24) is 0 Å². The van der Waals surface area contributed by atoms with Crippen molar-refractivity contribution in [3.8, 4) is 0 Å². The first kappa shape index (κ1) is 8.94. The lowest BCUT2D eigenvalue weighted by atomic mass is 10.8. The summed E-state index contributed by atoms with van der Waals surface area (Å²) in [6.07, 6.45) is 0. The second-order valence-electron chi connectivity index (χ2n) is 1.12. The molecule has 0 saturated carbocycles. The third-order valence-corrected chi connectivity index (χ3v) is 1.02. The largest absolute Gasteiger partial charge is 0.382 e. The molecule has 1 unspecified atom stereocenters. The second-order valence-corrected chi connectivity index (χ2v) is 3.39. The molecule has 0 aromatic heterocycles. The van der Waals surface area contributed by atoms with E-state index in [4.69, 9.17) is 21.1 Å². The van der Waals surface area contributed by atoms with Crippen molar-refractivity contribution in [2.45, 2.75) is 3.57 Å². The Morgan fingerprint density at radius 3 is 2.62 bits per heavy atom. The van der Waals surface area contributed by atoms with E-state index >= 15 is 0 Å². The minimum absolute atomic E-state index is 0.234. The summed E-state index contributed by atoms with van der Waals surface area (Å²) < 4.78 is 9.38. The van der Waals surface area contributed by atoms with Crippen LogP contribution in [0.4, 0.5) is 0 Å². The van der Waals surface area contributed by atoms with Gasteiger partial charge in [-0.1, -0.05) is 11.6 Å². The molecule has 0 N–H and O–H groups in total. The molecule has 2 nitrogen and oxygen atoms in total. The van der Waals surface area contributed by atoms with Crippen LogP contribution in [0.2, 0.25) is 0 Å². The van der Waals surface area contributed by atoms with E-state index in [0.717, 1.165) is 0 Å². The van der Waals surface area contributed by atoms with Crippen LogP contribution in [0.3, 0.4) is 0 Å². The Morgan fingerprint density at radius 2 is 2.25 bits per heavy atom.